The van der Waals surface area contributed by atoms with Crippen LogP contribution in [0.2, 0.25) is 6.82 Å². The van der Waals surface area contributed by atoms with E-state index in [0.717, 1.165) is 25.7 Å². The number of unbranched alkanes of at least 4 members (excludes halogenated alkanes) is 2. The van der Waals surface area contributed by atoms with Gasteiger partial charge in [0.1, 0.15) is 0 Å². The fourth-order valence-electron chi connectivity index (χ4n) is 6.93. The van der Waals surface area contributed by atoms with E-state index in [1.807, 2.05) is 25.9 Å². The number of Topliss-reactive ketones (excluding diaryl/α,β-unsaturated/α-hetero) is 1. The molecule has 0 radical (unpaired) electrons. The van der Waals surface area contributed by atoms with E-state index in [2.05, 4.69) is 12.1 Å². The van der Waals surface area contributed by atoms with Gasteiger partial charge in [-0.3, -0.25) is 0 Å². The van der Waals surface area contributed by atoms with Crippen LogP contribution in [0.25, 0.3) is 5.76 Å². The topological polar surface area (TPSA) is 105 Å². The molecule has 1 fully saturated rings. The quantitative estimate of drug-likeness (QED) is 0.329. The van der Waals surface area contributed by atoms with Gasteiger partial charge in [-0.05, 0) is 0 Å². The van der Waals surface area contributed by atoms with Crippen LogP contribution in [0.1, 0.15) is 80.0 Å². The molecule has 1 heterocycles. The first-order chi connectivity index (χ1) is 19.6. The second kappa shape index (κ2) is 11.4. The van der Waals surface area contributed by atoms with Crippen molar-refractivity contribution in [3.63, 3.8) is 0 Å². The Labute approximate surface area is 241 Å². The molecule has 2 N–H and O–H groups in total. The van der Waals surface area contributed by atoms with Crippen LogP contribution in [-0.2, 0) is 11.2 Å². The predicted molar refractivity (Wildman–Crippen MR) is 155 cm³/mol. The second-order valence-electron chi connectivity index (χ2n) is 11.7. The van der Waals surface area contributed by atoms with Gasteiger partial charge in [0, 0.05) is 0 Å². The normalized spacial score (nSPS) is 25.9. The third-order valence-electron chi connectivity index (χ3n) is 8.88. The number of carbonyl (C=O) groups excluding carboxylic acids is 1. The van der Waals surface area contributed by atoms with Crippen LogP contribution in [0.3, 0.4) is 0 Å². The van der Waals surface area contributed by atoms with Crippen LogP contribution < -0.4 is 9.47 Å². The number of ketones is 1. The van der Waals surface area contributed by atoms with Gasteiger partial charge in [-0.25, -0.2) is 0 Å². The summed E-state index contributed by atoms with van der Waals surface area (Å²) in [6.45, 7) is 10.1. The summed E-state index contributed by atoms with van der Waals surface area (Å²) >= 11 is 0. The SMILES string of the molecule is CB=C1c2c(OCCCC)noc2[C@@H](N(C)C)[C@@H]2C[C@@H]3Cc4c(F)cc(C)c(OCCCC)c4C(O)=C3C(=O)[C@]12O. The molecule has 2 aromatic rings. The van der Waals surface area contributed by atoms with Gasteiger partial charge in [-0.1, -0.05) is 0 Å². The van der Waals surface area contributed by atoms with Crippen LogP contribution in [-0.4, -0.2) is 71.3 Å². The van der Waals surface area contributed by atoms with Crippen LogP contribution in [0.4, 0.5) is 4.39 Å². The molecule has 0 bridgehead atoms. The number of halogens is 1. The van der Waals surface area contributed by atoms with Crippen molar-refractivity contribution >= 4 is 23.9 Å². The minimum absolute atomic E-state index is 0.117. The number of rotatable bonds is 9. The van der Waals surface area contributed by atoms with E-state index >= 15 is 4.39 Å². The monoisotopic (exact) mass is 566 g/mol. The number of aromatic nitrogens is 1. The van der Waals surface area contributed by atoms with E-state index in [-0.39, 0.29) is 29.2 Å². The first kappa shape index (κ1) is 29.5. The summed E-state index contributed by atoms with van der Waals surface area (Å²) in [5.41, 5.74) is 0.0755. The Morgan fingerprint density at radius 2 is 1.88 bits per heavy atom. The summed E-state index contributed by atoms with van der Waals surface area (Å²) in [5.74, 6) is -1.31. The molecule has 0 spiro atoms. The summed E-state index contributed by atoms with van der Waals surface area (Å²) in [5, 5.41) is 28.5. The fourth-order valence-corrected chi connectivity index (χ4v) is 6.93. The number of benzene rings is 1. The number of hydrogen-bond donors (Lipinski definition) is 2. The molecule has 0 saturated heterocycles. The Balaban J connectivity index is 1.68. The molecule has 1 aromatic carbocycles. The zero-order valence-corrected chi connectivity index (χ0v) is 24.8. The molecule has 1 aromatic heterocycles. The van der Waals surface area contributed by atoms with Gasteiger partial charge >= 0.3 is 241 Å². The van der Waals surface area contributed by atoms with Crippen molar-refractivity contribution in [2.75, 3.05) is 27.3 Å². The van der Waals surface area contributed by atoms with E-state index < -0.39 is 35.1 Å². The van der Waals surface area contributed by atoms with Gasteiger partial charge in [0.05, 0.1) is 0 Å². The number of fused-ring (bicyclic) bond motifs is 4. The summed E-state index contributed by atoms with van der Waals surface area (Å²) in [6.07, 6.45) is 4.00. The summed E-state index contributed by atoms with van der Waals surface area (Å²) < 4.78 is 33.3. The van der Waals surface area contributed by atoms with Crippen molar-refractivity contribution in [1.29, 1.82) is 0 Å². The number of nitrogens with zero attached hydrogens (tertiary/aromatic N) is 2. The van der Waals surface area contributed by atoms with Crippen LogP contribution >= 0.6 is 0 Å². The minimum atomic E-state index is -1.98. The molecule has 0 aliphatic heterocycles. The molecular formula is C31H40BFN2O6. The fraction of sp³-hybridized carbons (Fsp3) is 0.581. The molecule has 0 unspecified atom stereocenters. The van der Waals surface area contributed by atoms with Crippen molar-refractivity contribution in [2.24, 2.45) is 11.8 Å². The standard InChI is InChI=1S/C31H40BFN2O6/c1-7-9-11-39-26-16(3)13-20(33)18-14-17-15-19-24(35(5)6)27-23(30(34-41-27)40-12-10-8-2)28(32-4)31(19,38)29(37)21(17)25(36)22(18)26/h13,17,19,24,36,38H,7-12,14-15H2,1-6H3/t17-,19-,24-,31+/m0/s1. The maximum absolute atomic E-state index is 15.4. The molecule has 41 heavy (non-hydrogen) atoms. The van der Waals surface area contributed by atoms with Crippen molar-refractivity contribution < 1.29 is 33.4 Å². The van der Waals surface area contributed by atoms with Gasteiger partial charge in [0.2, 0.25) is 0 Å². The number of hydrogen-bond acceptors (Lipinski definition) is 8. The van der Waals surface area contributed by atoms with Gasteiger partial charge < -0.3 is 0 Å². The average Bonchev–Trinajstić information content (AvgIpc) is 3.33. The van der Waals surface area contributed by atoms with Crippen molar-refractivity contribution in [1.82, 2.24) is 10.1 Å². The molecule has 3 aliphatic carbocycles. The van der Waals surface area contributed by atoms with Crippen LogP contribution in [0, 0.1) is 24.6 Å². The molecule has 1 saturated carbocycles. The molecule has 10 heteroatoms. The molecule has 5 rings (SSSR count). The van der Waals surface area contributed by atoms with Crippen LogP contribution in [0.15, 0.2) is 16.2 Å². The van der Waals surface area contributed by atoms with E-state index in [9.17, 15) is 15.0 Å². The average molecular weight is 566 g/mol. The molecule has 220 valence electrons. The molecule has 0 amide bonds. The van der Waals surface area contributed by atoms with E-state index in [0.29, 0.717) is 53.3 Å². The van der Waals surface area contributed by atoms with Crippen LogP contribution in [0.5, 0.6) is 11.6 Å². The van der Waals surface area contributed by atoms with Gasteiger partial charge in [0.25, 0.3) is 0 Å². The summed E-state index contributed by atoms with van der Waals surface area (Å²) in [7, 11) is 3.73. The van der Waals surface area contributed by atoms with Gasteiger partial charge in [0.15, 0.2) is 0 Å². The first-order valence-corrected chi connectivity index (χ1v) is 14.7. The Morgan fingerprint density at radius 1 is 1.20 bits per heavy atom. The van der Waals surface area contributed by atoms with Gasteiger partial charge in [-0.2, -0.15) is 0 Å². The van der Waals surface area contributed by atoms with E-state index in [1.54, 1.807) is 20.7 Å². The number of aliphatic hydroxyl groups excluding tert-OH is 1. The maximum atomic E-state index is 15.4. The predicted octanol–water partition coefficient (Wildman–Crippen LogP) is 4.83. The Kier molecular flexibility index (Phi) is 8.18. The third kappa shape index (κ3) is 4.54. The third-order valence-corrected chi connectivity index (χ3v) is 8.88. The zero-order chi connectivity index (χ0) is 29.6. The second-order valence-corrected chi connectivity index (χ2v) is 11.7. The van der Waals surface area contributed by atoms with E-state index in [4.69, 9.17) is 14.0 Å². The molecule has 3 aliphatic rings. The molecular weight excluding hydrogens is 526 g/mol. The number of aryl methyl sites for hydroxylation is 1. The Morgan fingerprint density at radius 3 is 2.51 bits per heavy atom. The number of aliphatic hydroxyl groups is 2. The van der Waals surface area contributed by atoms with Crippen molar-refractivity contribution in [3.05, 3.63) is 45.5 Å². The van der Waals surface area contributed by atoms with Crippen molar-refractivity contribution in [2.45, 2.75) is 77.8 Å². The molecule has 8 nitrogen and oxygen atoms in total. The first-order valence-electron chi connectivity index (χ1n) is 14.7. The number of carbonyl (C=O) groups is 1. The molecule has 4 atom stereocenters. The number of ether oxygens (including phenoxy) is 2. The Hall–Kier alpha value is -2.98. The van der Waals surface area contributed by atoms with E-state index in [1.165, 1.54) is 6.07 Å². The Bertz CT molecular complexity index is 1420. The zero-order valence-electron chi connectivity index (χ0n) is 24.8. The van der Waals surface area contributed by atoms with Crippen molar-refractivity contribution in [3.8, 4) is 11.6 Å². The summed E-state index contributed by atoms with van der Waals surface area (Å²) in [6, 6.07) is 0.932. The summed E-state index contributed by atoms with van der Waals surface area (Å²) in [4.78, 5) is 16.5. The van der Waals surface area contributed by atoms with Gasteiger partial charge in [-0.15, -0.1) is 0 Å².